The molecule has 3 N–H and O–H groups in total. The first-order valence-corrected chi connectivity index (χ1v) is 8.67. The Morgan fingerprint density at radius 2 is 1.52 bits per heavy atom. The molecule has 0 aromatic rings. The van der Waals surface area contributed by atoms with Crippen LogP contribution in [0.25, 0.3) is 0 Å². The molecule has 0 heterocycles. The van der Waals surface area contributed by atoms with Gasteiger partial charge in [0.1, 0.15) is 0 Å². The Kier molecular flexibility index (Phi) is 21.9. The molecule has 13 heteroatoms. The van der Waals surface area contributed by atoms with E-state index in [1.165, 1.54) is 0 Å². The Hall–Kier alpha value is 3.22. The van der Waals surface area contributed by atoms with Crippen molar-refractivity contribution >= 4 is 15.2 Å². The fraction of sp³-hybridized carbons (Fsp3) is 1.00. The van der Waals surface area contributed by atoms with Crippen LogP contribution in [0.4, 0.5) is 0 Å². The fourth-order valence-corrected chi connectivity index (χ4v) is 3.33. The molecule has 2 unspecified atom stereocenters. The zero-order valence-electron chi connectivity index (χ0n) is 13.1. The molecule has 0 aromatic carbocycles. The SMILES string of the molecule is CCCCCNCCC(O)(P(=O)([O-])[O-])P(=O)([O-])O.[Na+].[Na+].[Na+]. The second-order valence-electron chi connectivity index (χ2n) is 4.00. The maximum Gasteiger partial charge on any atom is 1.00 e. The maximum absolute atomic E-state index is 10.8. The largest absolute Gasteiger partial charge is 1.00 e. The predicted molar refractivity (Wildman–Crippen MR) is 59.4 cm³/mol. The number of unbranched alkanes of at least 4 members (excludes halogenated alkanes) is 2. The van der Waals surface area contributed by atoms with E-state index in [-0.39, 0.29) is 95.2 Å². The fourth-order valence-electron chi connectivity index (χ4n) is 1.31. The molecule has 0 amide bonds. The smallest absolute Gasteiger partial charge is 0.808 e. The van der Waals surface area contributed by atoms with Crippen LogP contribution in [-0.2, 0) is 9.13 Å². The maximum atomic E-state index is 10.8. The Morgan fingerprint density at radius 3 is 1.86 bits per heavy atom. The summed E-state index contributed by atoms with van der Waals surface area (Å²) in [6, 6.07) is 0. The van der Waals surface area contributed by atoms with Gasteiger partial charge in [-0.3, -0.25) is 0 Å². The van der Waals surface area contributed by atoms with Gasteiger partial charge in [0.2, 0.25) is 0 Å². The summed E-state index contributed by atoms with van der Waals surface area (Å²) in [7, 11) is -11.6. The van der Waals surface area contributed by atoms with Crippen molar-refractivity contribution in [2.75, 3.05) is 13.1 Å². The van der Waals surface area contributed by atoms with E-state index in [0.717, 1.165) is 19.3 Å². The van der Waals surface area contributed by atoms with E-state index in [9.17, 15) is 28.9 Å². The number of rotatable bonds is 9. The molecule has 0 saturated heterocycles. The minimum Gasteiger partial charge on any atom is -0.808 e. The molecule has 0 bridgehead atoms. The van der Waals surface area contributed by atoms with E-state index < -0.39 is 26.7 Å². The van der Waals surface area contributed by atoms with Crippen molar-refractivity contribution in [3.05, 3.63) is 0 Å². The molecule has 0 fully saturated rings. The monoisotopic (exact) mass is 371 g/mol. The van der Waals surface area contributed by atoms with Crippen LogP contribution in [-0.4, -0.2) is 28.2 Å². The van der Waals surface area contributed by atoms with E-state index in [1.807, 2.05) is 6.92 Å². The van der Waals surface area contributed by atoms with Gasteiger partial charge in [0.25, 0.3) is 0 Å². The van der Waals surface area contributed by atoms with Crippen LogP contribution in [0, 0.1) is 0 Å². The van der Waals surface area contributed by atoms with Gasteiger partial charge in [0, 0.05) is 6.42 Å². The van der Waals surface area contributed by atoms with Gasteiger partial charge in [-0.2, -0.15) is 0 Å². The van der Waals surface area contributed by atoms with Crippen LogP contribution < -0.4 is 109 Å². The van der Waals surface area contributed by atoms with E-state index in [4.69, 9.17) is 4.89 Å². The van der Waals surface area contributed by atoms with Crippen LogP contribution in [0.5, 0.6) is 0 Å². The number of aliphatic hydroxyl groups is 1. The zero-order chi connectivity index (χ0) is 14.4. The Balaban J connectivity index is -0.000000482. The quantitative estimate of drug-likeness (QED) is 0.205. The van der Waals surface area contributed by atoms with Crippen LogP contribution in [0.2, 0.25) is 0 Å². The summed E-state index contributed by atoms with van der Waals surface area (Å²) >= 11 is 0. The molecule has 0 radical (unpaired) electrons. The molecule has 0 aromatic heterocycles. The molecule has 0 aliphatic heterocycles. The third-order valence-corrected chi connectivity index (χ3v) is 6.21. The number of hydrogen-bond donors (Lipinski definition) is 3. The van der Waals surface area contributed by atoms with Gasteiger partial charge in [0.15, 0.2) is 12.7 Å². The summed E-state index contributed by atoms with van der Waals surface area (Å²) in [5, 5.41) is 8.38. The van der Waals surface area contributed by atoms with Crippen LogP contribution in [0.3, 0.4) is 0 Å². The molecule has 0 aliphatic carbocycles. The normalized spacial score (nSPS) is 16.5. The second kappa shape index (κ2) is 14.4. The van der Waals surface area contributed by atoms with Gasteiger partial charge in [-0.25, -0.2) is 0 Å². The predicted octanol–water partition coefficient (Wildman–Crippen LogP) is -10.7. The molecule has 110 valence electrons. The molecule has 0 saturated carbocycles. The molecular formula is C8H18NNa3O7P2. The molecule has 8 nitrogen and oxygen atoms in total. The average molecular weight is 371 g/mol. The van der Waals surface area contributed by atoms with Crippen LogP contribution in [0.1, 0.15) is 32.6 Å². The van der Waals surface area contributed by atoms with Crippen molar-refractivity contribution in [2.45, 2.75) is 37.7 Å². The van der Waals surface area contributed by atoms with Crippen LogP contribution in [0.15, 0.2) is 0 Å². The van der Waals surface area contributed by atoms with Crippen molar-refractivity contribution in [2.24, 2.45) is 0 Å². The van der Waals surface area contributed by atoms with Gasteiger partial charge >= 0.3 is 88.7 Å². The summed E-state index contributed by atoms with van der Waals surface area (Å²) in [5.74, 6) is 0. The minimum atomic E-state index is -5.88. The molecular weight excluding hydrogens is 353 g/mol. The summed E-state index contributed by atoms with van der Waals surface area (Å²) in [6.45, 7) is 2.28. The molecule has 21 heavy (non-hydrogen) atoms. The molecule has 0 rings (SSSR count). The number of nitrogens with one attached hydrogen (secondary N) is 1. The minimum absolute atomic E-state index is 0. The Bertz CT molecular complexity index is 327. The zero-order valence-corrected chi connectivity index (χ0v) is 20.9. The first-order valence-electron chi connectivity index (χ1n) is 5.55. The molecule has 0 aliphatic rings. The van der Waals surface area contributed by atoms with E-state index in [1.54, 1.807) is 0 Å². The summed E-state index contributed by atoms with van der Waals surface area (Å²) in [5.41, 5.74) is 0. The van der Waals surface area contributed by atoms with Gasteiger partial charge in [-0.15, -0.1) is 0 Å². The third-order valence-electron chi connectivity index (χ3n) is 2.49. The van der Waals surface area contributed by atoms with Crippen LogP contribution >= 0.6 is 15.2 Å². The first kappa shape index (κ1) is 31.9. The van der Waals surface area contributed by atoms with Gasteiger partial charge < -0.3 is 39.1 Å². The summed E-state index contributed by atoms with van der Waals surface area (Å²) in [4.78, 5) is 40.9. The molecule has 0 spiro atoms. The van der Waals surface area contributed by atoms with E-state index in [0.29, 0.717) is 6.54 Å². The van der Waals surface area contributed by atoms with Crippen molar-refractivity contribution in [1.29, 1.82) is 0 Å². The first-order chi connectivity index (χ1) is 8.06. The van der Waals surface area contributed by atoms with Gasteiger partial charge in [0.05, 0.1) is 0 Å². The Labute approximate surface area is 191 Å². The second-order valence-corrected chi connectivity index (χ2v) is 7.87. The Morgan fingerprint density at radius 1 is 1.05 bits per heavy atom. The third kappa shape index (κ3) is 11.4. The van der Waals surface area contributed by atoms with Crippen molar-refractivity contribution in [3.8, 4) is 0 Å². The standard InChI is InChI=1S/C8H21NO7P2.3Na/c1-2-3-4-6-9-7-5-8(10,17(11,12)13)18(14,15)16;;;/h9-10H,2-7H2,1H3,(H2,11,12,13)(H2,14,15,16);;;/q;3*+1/p-3. The van der Waals surface area contributed by atoms with E-state index in [2.05, 4.69) is 5.32 Å². The van der Waals surface area contributed by atoms with Gasteiger partial charge in [-0.1, -0.05) is 19.8 Å². The van der Waals surface area contributed by atoms with Gasteiger partial charge in [-0.05, 0) is 27.1 Å². The topological polar surface area (TPSA) is 156 Å². The van der Waals surface area contributed by atoms with Crippen molar-refractivity contribution in [1.82, 2.24) is 5.32 Å². The van der Waals surface area contributed by atoms with Crippen molar-refractivity contribution < 1.29 is 122 Å². The van der Waals surface area contributed by atoms with E-state index >= 15 is 0 Å². The molecule has 2 atom stereocenters. The van der Waals surface area contributed by atoms with Crippen molar-refractivity contribution in [3.63, 3.8) is 0 Å². The summed E-state index contributed by atoms with van der Waals surface area (Å²) in [6.07, 6.45) is 1.82. The number of hydrogen-bond acceptors (Lipinski definition) is 7. The summed E-state index contributed by atoms with van der Waals surface area (Å²) < 4.78 is 21.5. The average Bonchev–Trinajstić information content (AvgIpc) is 2.19.